The minimum Gasteiger partial charge on any atom is -0.847 e. The highest BCUT2D eigenvalue weighted by Gasteiger charge is 2.19. The number of nitrogens with one attached hydrogen (secondary N) is 1. The minimum atomic E-state index is -4.23. The predicted octanol–water partition coefficient (Wildman–Crippen LogP) is 2.11. The lowest BCUT2D eigenvalue weighted by Crippen LogP contribution is -2.52. The lowest BCUT2D eigenvalue weighted by Gasteiger charge is -2.35. The van der Waals surface area contributed by atoms with Gasteiger partial charge in [0.1, 0.15) is 0 Å². The van der Waals surface area contributed by atoms with Gasteiger partial charge in [-0.1, -0.05) is 64.4 Å². The number of amides is 1. The summed E-state index contributed by atoms with van der Waals surface area (Å²) in [6.07, 6.45) is 11.0. The molecule has 0 fully saturated rings. The van der Waals surface area contributed by atoms with Crippen molar-refractivity contribution in [2.45, 2.75) is 83.7 Å². The van der Waals surface area contributed by atoms with Gasteiger partial charge in [0, 0.05) is 19.4 Å². The second-order valence-electron chi connectivity index (χ2n) is 8.49. The van der Waals surface area contributed by atoms with Gasteiger partial charge in [-0.15, -0.1) is 0 Å². The second-order valence-corrected chi connectivity index (χ2v) is 9.99. The third-order valence-electron chi connectivity index (χ3n) is 4.86. The Balaban J connectivity index is 3.67. The highest BCUT2D eigenvalue weighted by molar-refractivity contribution is 7.85. The SMILES string of the molecule is CCCCCCCCCCCC(=O)NCCC[N+](C)(C)CC([O-])CS(=O)(=O)O. The van der Waals surface area contributed by atoms with Crippen LogP contribution in [0.1, 0.15) is 77.6 Å². The molecule has 7 nitrogen and oxygen atoms in total. The van der Waals surface area contributed by atoms with Gasteiger partial charge in [-0.3, -0.25) is 9.35 Å². The van der Waals surface area contributed by atoms with Gasteiger partial charge in [0.05, 0.1) is 32.9 Å². The van der Waals surface area contributed by atoms with E-state index in [4.69, 9.17) is 4.55 Å². The van der Waals surface area contributed by atoms with Gasteiger partial charge in [0.15, 0.2) is 0 Å². The van der Waals surface area contributed by atoms with Gasteiger partial charge < -0.3 is 14.9 Å². The van der Waals surface area contributed by atoms with E-state index < -0.39 is 22.0 Å². The normalized spacial score (nSPS) is 13.5. The zero-order valence-corrected chi connectivity index (χ0v) is 18.9. The minimum absolute atomic E-state index is 0.0707. The molecule has 0 bridgehead atoms. The first-order valence-electron chi connectivity index (χ1n) is 10.8. The molecule has 0 aliphatic carbocycles. The summed E-state index contributed by atoms with van der Waals surface area (Å²) in [5.41, 5.74) is 0. The largest absolute Gasteiger partial charge is 0.847 e. The van der Waals surface area contributed by atoms with Gasteiger partial charge in [-0.2, -0.15) is 8.42 Å². The third-order valence-corrected chi connectivity index (χ3v) is 5.66. The predicted molar refractivity (Wildman–Crippen MR) is 112 cm³/mol. The zero-order chi connectivity index (χ0) is 21.5. The van der Waals surface area contributed by atoms with Crippen LogP contribution in [0.2, 0.25) is 0 Å². The first kappa shape index (κ1) is 27.3. The molecule has 0 aromatic heterocycles. The van der Waals surface area contributed by atoms with Crippen molar-refractivity contribution in [3.05, 3.63) is 0 Å². The molecular formula is C20H42N2O5S. The molecule has 168 valence electrons. The molecule has 0 saturated carbocycles. The van der Waals surface area contributed by atoms with E-state index in [1.54, 1.807) is 0 Å². The second kappa shape index (κ2) is 15.2. The maximum absolute atomic E-state index is 11.8. The topological polar surface area (TPSA) is 107 Å². The number of quaternary nitrogens is 1. The molecule has 2 N–H and O–H groups in total. The van der Waals surface area contributed by atoms with Crippen LogP contribution in [-0.4, -0.2) is 68.9 Å². The molecule has 1 unspecified atom stereocenters. The van der Waals surface area contributed by atoms with E-state index in [0.717, 1.165) is 19.3 Å². The zero-order valence-electron chi connectivity index (χ0n) is 18.1. The van der Waals surface area contributed by atoms with Crippen molar-refractivity contribution < 1.29 is 27.4 Å². The molecule has 8 heteroatoms. The third kappa shape index (κ3) is 18.7. The fraction of sp³-hybridized carbons (Fsp3) is 0.950. The molecule has 0 aromatic carbocycles. The fourth-order valence-electron chi connectivity index (χ4n) is 3.35. The Bertz CT molecular complexity index is 509. The molecule has 0 saturated heterocycles. The Kier molecular flexibility index (Phi) is 14.8. The monoisotopic (exact) mass is 422 g/mol. The maximum atomic E-state index is 11.8. The average molecular weight is 423 g/mol. The van der Waals surface area contributed by atoms with Crippen LogP contribution in [0.3, 0.4) is 0 Å². The lowest BCUT2D eigenvalue weighted by atomic mass is 10.1. The van der Waals surface area contributed by atoms with E-state index in [2.05, 4.69) is 12.2 Å². The molecule has 0 aliphatic heterocycles. The van der Waals surface area contributed by atoms with Crippen LogP contribution in [0, 0.1) is 0 Å². The molecule has 0 aliphatic rings. The van der Waals surface area contributed by atoms with Crippen molar-refractivity contribution >= 4 is 16.0 Å². The van der Waals surface area contributed by atoms with Crippen molar-refractivity contribution in [3.63, 3.8) is 0 Å². The van der Waals surface area contributed by atoms with Crippen LogP contribution >= 0.6 is 0 Å². The van der Waals surface area contributed by atoms with E-state index in [1.165, 1.54) is 44.9 Å². The van der Waals surface area contributed by atoms with Crippen LogP contribution in [0.5, 0.6) is 0 Å². The van der Waals surface area contributed by atoms with Crippen LogP contribution in [0.15, 0.2) is 0 Å². The van der Waals surface area contributed by atoms with E-state index in [9.17, 15) is 18.3 Å². The van der Waals surface area contributed by atoms with Gasteiger partial charge in [-0.05, 0) is 6.42 Å². The molecular weight excluding hydrogens is 380 g/mol. The lowest BCUT2D eigenvalue weighted by molar-refractivity contribution is -0.899. The number of carbonyl (C=O) groups is 1. The van der Waals surface area contributed by atoms with E-state index in [0.29, 0.717) is 24.0 Å². The molecule has 0 heterocycles. The summed E-state index contributed by atoms with van der Waals surface area (Å²) in [7, 11) is -0.540. The van der Waals surface area contributed by atoms with Crippen molar-refractivity contribution in [2.75, 3.05) is 39.5 Å². The van der Waals surface area contributed by atoms with E-state index in [-0.39, 0.29) is 12.5 Å². The Morgan fingerprint density at radius 1 is 1.00 bits per heavy atom. The van der Waals surface area contributed by atoms with Crippen molar-refractivity contribution in [2.24, 2.45) is 0 Å². The number of rotatable bonds is 18. The van der Waals surface area contributed by atoms with Gasteiger partial charge in [0.25, 0.3) is 10.1 Å². The highest BCUT2D eigenvalue weighted by atomic mass is 32.2. The summed E-state index contributed by atoms with van der Waals surface area (Å²) in [4.78, 5) is 11.8. The molecule has 1 atom stereocenters. The van der Waals surface area contributed by atoms with Gasteiger partial charge in [0.2, 0.25) is 5.91 Å². The number of hydrogen-bond acceptors (Lipinski definition) is 4. The van der Waals surface area contributed by atoms with Gasteiger partial charge >= 0.3 is 0 Å². The summed E-state index contributed by atoms with van der Waals surface area (Å²) in [6, 6.07) is 0. The highest BCUT2D eigenvalue weighted by Crippen LogP contribution is 2.10. The maximum Gasteiger partial charge on any atom is 0.263 e. The van der Waals surface area contributed by atoms with Crippen molar-refractivity contribution in [3.8, 4) is 0 Å². The number of likely N-dealkylation sites (N-methyl/N-ethyl adjacent to an activating group) is 1. The Labute approximate surface area is 172 Å². The van der Waals surface area contributed by atoms with Crippen LogP contribution < -0.4 is 10.4 Å². The number of nitrogens with zero attached hydrogens (tertiary/aromatic N) is 1. The standard InChI is InChI=1S/C20H42N2O5S/c1-4-5-6-7-8-9-10-11-12-14-20(24)21-15-13-16-22(2,3)17-19(23)18-28(25,26)27/h19H,4-18H2,1-3H3,(H,21,24)(H,25,26,27). The summed E-state index contributed by atoms with van der Waals surface area (Å²) in [6.45, 7) is 3.55. The summed E-state index contributed by atoms with van der Waals surface area (Å²) in [5.74, 6) is -0.689. The van der Waals surface area contributed by atoms with E-state index in [1.807, 2.05) is 14.1 Å². The Hall–Kier alpha value is -0.700. The smallest absolute Gasteiger partial charge is 0.263 e. The molecule has 0 spiro atoms. The molecule has 0 radical (unpaired) electrons. The average Bonchev–Trinajstić information content (AvgIpc) is 2.55. The van der Waals surface area contributed by atoms with E-state index >= 15 is 0 Å². The Morgan fingerprint density at radius 2 is 1.54 bits per heavy atom. The molecule has 1 amide bonds. The summed E-state index contributed by atoms with van der Waals surface area (Å²) < 4.78 is 30.6. The van der Waals surface area contributed by atoms with Crippen molar-refractivity contribution in [1.29, 1.82) is 0 Å². The van der Waals surface area contributed by atoms with Gasteiger partial charge in [-0.25, -0.2) is 0 Å². The first-order valence-corrected chi connectivity index (χ1v) is 12.4. The van der Waals surface area contributed by atoms with Crippen LogP contribution in [-0.2, 0) is 14.9 Å². The number of carbonyl (C=O) groups excluding carboxylic acids is 1. The fourth-order valence-corrected chi connectivity index (χ4v) is 3.92. The molecule has 28 heavy (non-hydrogen) atoms. The quantitative estimate of drug-likeness (QED) is 0.200. The van der Waals surface area contributed by atoms with Crippen LogP contribution in [0.4, 0.5) is 0 Å². The summed E-state index contributed by atoms with van der Waals surface area (Å²) >= 11 is 0. The molecule has 0 aromatic rings. The van der Waals surface area contributed by atoms with Crippen LogP contribution in [0.25, 0.3) is 0 Å². The molecule has 0 rings (SSSR count). The Morgan fingerprint density at radius 3 is 2.07 bits per heavy atom. The number of hydrogen-bond donors (Lipinski definition) is 2. The number of unbranched alkanes of at least 4 members (excludes halogenated alkanes) is 8. The first-order chi connectivity index (χ1) is 13.1. The summed E-state index contributed by atoms with van der Waals surface area (Å²) in [5, 5.41) is 14.6. The van der Waals surface area contributed by atoms with Crippen molar-refractivity contribution in [1.82, 2.24) is 5.32 Å².